The molecule has 1 aromatic rings. The number of furan rings is 1. The van der Waals surface area contributed by atoms with Gasteiger partial charge in [-0.3, -0.25) is 19.6 Å². The van der Waals surface area contributed by atoms with Gasteiger partial charge in [0.15, 0.2) is 5.96 Å². The van der Waals surface area contributed by atoms with Gasteiger partial charge in [0.1, 0.15) is 5.76 Å². The van der Waals surface area contributed by atoms with Crippen LogP contribution in [0, 0.1) is 0 Å². The van der Waals surface area contributed by atoms with E-state index in [1.807, 2.05) is 24.1 Å². The van der Waals surface area contributed by atoms with Crippen LogP contribution in [0.2, 0.25) is 0 Å². The molecule has 1 amide bonds. The Hall–Kier alpha value is -1.33. The Bertz CT molecular complexity index is 667. The highest BCUT2D eigenvalue weighted by Crippen LogP contribution is 2.18. The zero-order chi connectivity index (χ0) is 20.8. The normalized spacial score (nSPS) is 20.2. The molecule has 2 aliphatic rings. The average Bonchev–Trinajstić information content (AvgIpc) is 3.44. The van der Waals surface area contributed by atoms with E-state index in [2.05, 4.69) is 46.0 Å². The topological polar surface area (TPSA) is 67.6 Å². The van der Waals surface area contributed by atoms with Gasteiger partial charge in [0.05, 0.1) is 18.3 Å². The van der Waals surface area contributed by atoms with E-state index in [1.165, 1.54) is 0 Å². The first kappa shape index (κ1) is 24.9. The molecule has 0 aromatic carbocycles. The maximum atomic E-state index is 12.7. The highest BCUT2D eigenvalue weighted by Gasteiger charge is 2.30. The molecule has 2 atom stereocenters. The van der Waals surface area contributed by atoms with E-state index in [1.54, 1.807) is 6.26 Å². The second-order valence-electron chi connectivity index (χ2n) is 8.15. The minimum Gasteiger partial charge on any atom is -0.468 e. The fourth-order valence-corrected chi connectivity index (χ4v) is 4.22. The number of hydrogen-bond donors (Lipinski definition) is 1. The number of hydrogen-bond acceptors (Lipinski definition) is 5. The van der Waals surface area contributed by atoms with Crippen molar-refractivity contribution in [3.05, 3.63) is 24.2 Å². The lowest BCUT2D eigenvalue weighted by Gasteiger charge is -2.40. The number of carbonyl (C=O) groups is 1. The van der Waals surface area contributed by atoms with Crippen LogP contribution in [0.1, 0.15) is 31.6 Å². The van der Waals surface area contributed by atoms with E-state index in [9.17, 15) is 4.79 Å². The standard InChI is InChI=1S/C21H36N6O2.HI/c1-17(20(28)26-9-5-6-10-26)25-11-13-27(14-12-25)21(22-2)23-16-18(24(3)4)19-8-7-15-29-19;/h7-8,15,17-18H,5-6,9-14,16H2,1-4H3,(H,22,23);1H. The summed E-state index contributed by atoms with van der Waals surface area (Å²) in [5, 5.41) is 3.50. The molecule has 2 fully saturated rings. The predicted octanol–water partition coefficient (Wildman–Crippen LogP) is 1.70. The van der Waals surface area contributed by atoms with Crippen molar-refractivity contribution in [1.29, 1.82) is 0 Å². The van der Waals surface area contributed by atoms with Crippen LogP contribution in [0.15, 0.2) is 27.8 Å². The molecule has 3 heterocycles. The smallest absolute Gasteiger partial charge is 0.239 e. The summed E-state index contributed by atoms with van der Waals surface area (Å²) in [5.41, 5.74) is 0. The van der Waals surface area contributed by atoms with E-state index < -0.39 is 0 Å². The van der Waals surface area contributed by atoms with Gasteiger partial charge in [-0.2, -0.15) is 0 Å². The van der Waals surface area contributed by atoms with Crippen LogP contribution in [0.4, 0.5) is 0 Å². The Balaban J connectivity index is 0.00000320. The largest absolute Gasteiger partial charge is 0.468 e. The third kappa shape index (κ3) is 6.10. The molecular formula is C21H37IN6O2. The molecule has 1 N–H and O–H groups in total. The average molecular weight is 532 g/mol. The van der Waals surface area contributed by atoms with Gasteiger partial charge in [0.2, 0.25) is 5.91 Å². The minimum absolute atomic E-state index is 0. The number of nitrogens with one attached hydrogen (secondary N) is 1. The third-order valence-corrected chi connectivity index (χ3v) is 6.10. The van der Waals surface area contributed by atoms with Gasteiger partial charge >= 0.3 is 0 Å². The molecule has 30 heavy (non-hydrogen) atoms. The highest BCUT2D eigenvalue weighted by atomic mass is 127. The Morgan fingerprint density at radius 3 is 2.37 bits per heavy atom. The van der Waals surface area contributed by atoms with Gasteiger partial charge in [-0.25, -0.2) is 0 Å². The van der Waals surface area contributed by atoms with E-state index in [-0.39, 0.29) is 42.0 Å². The van der Waals surface area contributed by atoms with Crippen molar-refractivity contribution >= 4 is 35.8 Å². The fraction of sp³-hybridized carbons (Fsp3) is 0.714. The molecule has 2 saturated heterocycles. The fourth-order valence-electron chi connectivity index (χ4n) is 4.22. The molecule has 3 rings (SSSR count). The molecule has 2 aliphatic heterocycles. The van der Waals surface area contributed by atoms with Crippen molar-refractivity contribution in [2.75, 3.05) is 67.0 Å². The van der Waals surface area contributed by atoms with Crippen LogP contribution in [0.25, 0.3) is 0 Å². The highest BCUT2D eigenvalue weighted by molar-refractivity contribution is 14.0. The summed E-state index contributed by atoms with van der Waals surface area (Å²) in [5.74, 6) is 2.13. The van der Waals surface area contributed by atoms with Crippen molar-refractivity contribution < 1.29 is 9.21 Å². The first-order valence-electron chi connectivity index (χ1n) is 10.7. The number of amides is 1. The monoisotopic (exact) mass is 532 g/mol. The molecule has 0 aliphatic carbocycles. The summed E-state index contributed by atoms with van der Waals surface area (Å²) in [7, 11) is 5.93. The number of carbonyl (C=O) groups excluding carboxylic acids is 1. The first-order valence-corrected chi connectivity index (χ1v) is 10.7. The number of aliphatic imine (C=N–C) groups is 1. The quantitative estimate of drug-likeness (QED) is 0.342. The van der Waals surface area contributed by atoms with Crippen molar-refractivity contribution in [3.8, 4) is 0 Å². The summed E-state index contributed by atoms with van der Waals surface area (Å²) in [4.78, 5) is 25.9. The Labute approximate surface area is 197 Å². The maximum absolute atomic E-state index is 12.7. The number of halogens is 1. The number of likely N-dealkylation sites (N-methyl/N-ethyl adjacent to an activating group) is 1. The molecule has 1 aromatic heterocycles. The van der Waals surface area contributed by atoms with E-state index in [0.717, 1.165) is 70.4 Å². The van der Waals surface area contributed by atoms with Crippen LogP contribution in [0.5, 0.6) is 0 Å². The molecule has 8 nitrogen and oxygen atoms in total. The number of rotatable bonds is 6. The number of nitrogens with zero attached hydrogens (tertiary/aromatic N) is 5. The van der Waals surface area contributed by atoms with Crippen molar-refractivity contribution in [2.45, 2.75) is 31.8 Å². The number of likely N-dealkylation sites (tertiary alicyclic amines) is 1. The molecular weight excluding hydrogens is 495 g/mol. The molecule has 0 radical (unpaired) electrons. The van der Waals surface area contributed by atoms with Crippen molar-refractivity contribution in [1.82, 2.24) is 24.9 Å². The van der Waals surface area contributed by atoms with Gasteiger partial charge in [0, 0.05) is 52.9 Å². The lowest BCUT2D eigenvalue weighted by Crippen LogP contribution is -2.57. The molecule has 9 heteroatoms. The zero-order valence-corrected chi connectivity index (χ0v) is 21.0. The second-order valence-corrected chi connectivity index (χ2v) is 8.15. The van der Waals surface area contributed by atoms with Crippen LogP contribution in [0.3, 0.4) is 0 Å². The van der Waals surface area contributed by atoms with Crippen LogP contribution < -0.4 is 5.32 Å². The SMILES string of the molecule is CN=C(NCC(c1ccco1)N(C)C)N1CCN(C(C)C(=O)N2CCCC2)CC1.I. The number of guanidine groups is 1. The molecule has 170 valence electrons. The van der Waals surface area contributed by atoms with Crippen molar-refractivity contribution in [3.63, 3.8) is 0 Å². The van der Waals surface area contributed by atoms with E-state index in [4.69, 9.17) is 4.42 Å². The number of piperazine rings is 1. The van der Waals surface area contributed by atoms with E-state index >= 15 is 0 Å². The van der Waals surface area contributed by atoms with Gasteiger partial charge in [0.25, 0.3) is 0 Å². The lowest BCUT2D eigenvalue weighted by atomic mass is 10.2. The summed E-state index contributed by atoms with van der Waals surface area (Å²) in [6.07, 6.45) is 3.99. The van der Waals surface area contributed by atoms with Gasteiger partial charge in [-0.1, -0.05) is 0 Å². The van der Waals surface area contributed by atoms with Crippen LogP contribution in [-0.4, -0.2) is 104 Å². The predicted molar refractivity (Wildman–Crippen MR) is 130 cm³/mol. The Morgan fingerprint density at radius 1 is 1.17 bits per heavy atom. The second kappa shape index (κ2) is 11.9. The molecule has 0 bridgehead atoms. The van der Waals surface area contributed by atoms with Gasteiger partial charge < -0.3 is 19.5 Å². The third-order valence-electron chi connectivity index (χ3n) is 6.10. The summed E-state index contributed by atoms with van der Waals surface area (Å²) < 4.78 is 5.60. The first-order chi connectivity index (χ1) is 14.0. The van der Waals surface area contributed by atoms with Crippen LogP contribution >= 0.6 is 24.0 Å². The molecule has 0 saturated carbocycles. The Kier molecular flexibility index (Phi) is 9.89. The van der Waals surface area contributed by atoms with Crippen molar-refractivity contribution in [2.24, 2.45) is 4.99 Å². The Morgan fingerprint density at radius 2 is 1.83 bits per heavy atom. The zero-order valence-electron chi connectivity index (χ0n) is 18.7. The van der Waals surface area contributed by atoms with Crippen LogP contribution in [-0.2, 0) is 4.79 Å². The van der Waals surface area contributed by atoms with Gasteiger partial charge in [-0.15, -0.1) is 24.0 Å². The summed E-state index contributed by atoms with van der Waals surface area (Å²) in [6, 6.07) is 4.03. The summed E-state index contributed by atoms with van der Waals surface area (Å²) in [6.45, 7) is 8.08. The summed E-state index contributed by atoms with van der Waals surface area (Å²) >= 11 is 0. The molecule has 2 unspecified atom stereocenters. The minimum atomic E-state index is -0.0395. The van der Waals surface area contributed by atoms with E-state index in [0.29, 0.717) is 0 Å². The van der Waals surface area contributed by atoms with Gasteiger partial charge in [-0.05, 0) is 46.0 Å². The lowest BCUT2D eigenvalue weighted by molar-refractivity contribution is -0.135. The molecule has 0 spiro atoms. The maximum Gasteiger partial charge on any atom is 0.239 e.